The van der Waals surface area contributed by atoms with Crippen LogP contribution in [0.3, 0.4) is 0 Å². The number of aryl methyl sites for hydroxylation is 1. The first-order chi connectivity index (χ1) is 10.4. The van der Waals surface area contributed by atoms with Crippen LogP contribution in [0.25, 0.3) is 11.0 Å². The molecule has 4 N–H and O–H groups in total. The van der Waals surface area contributed by atoms with Crippen molar-refractivity contribution in [2.24, 2.45) is 0 Å². The molecule has 1 fully saturated rings. The van der Waals surface area contributed by atoms with Gasteiger partial charge in [-0.2, -0.15) is 0 Å². The van der Waals surface area contributed by atoms with Gasteiger partial charge in [-0.25, -0.2) is 9.97 Å². The first kappa shape index (κ1) is 15.4. The van der Waals surface area contributed by atoms with Crippen molar-refractivity contribution < 1.29 is 14.9 Å². The lowest BCUT2D eigenvalue weighted by molar-refractivity contribution is -0.207. The van der Waals surface area contributed by atoms with E-state index in [1.165, 1.54) is 0 Å². The quantitative estimate of drug-likeness (QED) is 0.622. The monoisotopic (exact) mass is 306 g/mol. The normalized spacial score (nSPS) is 26.0. The van der Waals surface area contributed by atoms with Gasteiger partial charge in [0.15, 0.2) is 5.79 Å². The Morgan fingerprint density at radius 1 is 1.41 bits per heavy atom. The molecule has 0 aromatic carbocycles. The minimum Gasteiger partial charge on any atom is -0.395 e. The molecule has 0 unspecified atom stereocenters. The lowest BCUT2D eigenvalue weighted by Gasteiger charge is -2.27. The molecule has 1 saturated heterocycles. The fraction of sp³-hybridized carbons (Fsp3) is 0.600. The van der Waals surface area contributed by atoms with Crippen LogP contribution in [-0.4, -0.2) is 49.7 Å². The number of aliphatic hydroxyl groups is 2. The van der Waals surface area contributed by atoms with E-state index < -0.39 is 5.79 Å². The first-order valence-electron chi connectivity index (χ1n) is 7.44. The van der Waals surface area contributed by atoms with Crippen molar-refractivity contribution in [1.29, 1.82) is 0 Å². The van der Waals surface area contributed by atoms with Gasteiger partial charge in [-0.15, -0.1) is 0 Å². The van der Waals surface area contributed by atoms with Gasteiger partial charge in [0, 0.05) is 17.8 Å². The predicted molar refractivity (Wildman–Crippen MR) is 81.2 cm³/mol. The molecule has 1 aliphatic rings. The van der Waals surface area contributed by atoms with Crippen molar-refractivity contribution >= 4 is 11.0 Å². The Bertz CT molecular complexity index is 664. The van der Waals surface area contributed by atoms with Gasteiger partial charge in [0.25, 0.3) is 0 Å². The summed E-state index contributed by atoms with van der Waals surface area (Å²) in [5.74, 6) is -1.23. The van der Waals surface area contributed by atoms with E-state index >= 15 is 0 Å². The maximum absolute atomic E-state index is 9.96. The molecule has 1 aliphatic heterocycles. The average Bonchev–Trinajstić information content (AvgIpc) is 3.01. The zero-order chi connectivity index (χ0) is 15.9. The Labute approximate surface area is 128 Å². The van der Waals surface area contributed by atoms with Crippen molar-refractivity contribution in [3.63, 3.8) is 0 Å². The summed E-state index contributed by atoms with van der Waals surface area (Å²) < 4.78 is 5.77. The summed E-state index contributed by atoms with van der Waals surface area (Å²) in [6.45, 7) is 5.17. The average molecular weight is 306 g/mol. The van der Waals surface area contributed by atoms with E-state index in [-0.39, 0.29) is 24.8 Å². The predicted octanol–water partition coefficient (Wildman–Crippen LogP) is 0.775. The van der Waals surface area contributed by atoms with Gasteiger partial charge < -0.3 is 25.3 Å². The van der Waals surface area contributed by atoms with Crippen LogP contribution in [0.5, 0.6) is 0 Å². The number of nitrogens with zero attached hydrogens (tertiary/aromatic N) is 2. The molecule has 22 heavy (non-hydrogen) atoms. The molecule has 0 radical (unpaired) electrons. The summed E-state index contributed by atoms with van der Waals surface area (Å²) in [5.41, 5.74) is 3.58. The highest BCUT2D eigenvalue weighted by molar-refractivity contribution is 5.81. The Kier molecular flexibility index (Phi) is 3.90. The highest BCUT2D eigenvalue weighted by Crippen LogP contribution is 2.35. The van der Waals surface area contributed by atoms with Crippen LogP contribution in [0, 0.1) is 6.92 Å². The summed E-state index contributed by atoms with van der Waals surface area (Å²) in [6, 6.07) is -0.211. The largest absolute Gasteiger partial charge is 0.395 e. The number of aliphatic hydroxyl groups excluding tert-OH is 1. The van der Waals surface area contributed by atoms with Gasteiger partial charge in [0.1, 0.15) is 6.33 Å². The number of hydrogen-bond acceptors (Lipinski definition) is 6. The third-order valence-corrected chi connectivity index (χ3v) is 3.98. The van der Waals surface area contributed by atoms with Gasteiger partial charge in [-0.3, -0.25) is 0 Å². The van der Waals surface area contributed by atoms with Gasteiger partial charge >= 0.3 is 0 Å². The lowest BCUT2D eigenvalue weighted by Crippen LogP contribution is -2.33. The smallest absolute Gasteiger partial charge is 0.160 e. The molecule has 0 spiro atoms. The highest BCUT2D eigenvalue weighted by Gasteiger charge is 2.39. The number of hydrogen-bond donors (Lipinski definition) is 4. The van der Waals surface area contributed by atoms with E-state index in [0.717, 1.165) is 22.3 Å². The molecule has 3 rings (SSSR count). The van der Waals surface area contributed by atoms with Crippen LogP contribution in [0.15, 0.2) is 12.5 Å². The second-order valence-electron chi connectivity index (χ2n) is 6.29. The van der Waals surface area contributed by atoms with E-state index in [9.17, 15) is 10.2 Å². The van der Waals surface area contributed by atoms with Gasteiger partial charge in [-0.1, -0.05) is 0 Å². The zero-order valence-corrected chi connectivity index (χ0v) is 13.0. The minimum absolute atomic E-state index is 0.0264. The number of rotatable bonds is 4. The zero-order valence-electron chi connectivity index (χ0n) is 13.0. The van der Waals surface area contributed by atoms with E-state index in [1.807, 2.05) is 13.1 Å². The van der Waals surface area contributed by atoms with Crippen LogP contribution >= 0.6 is 0 Å². The molecule has 3 heterocycles. The maximum atomic E-state index is 9.96. The molecule has 0 bridgehead atoms. The topological polar surface area (TPSA) is 103 Å². The lowest BCUT2D eigenvalue weighted by atomic mass is 10.0. The number of H-pyrrole nitrogens is 1. The molecule has 0 saturated carbocycles. The molecular weight excluding hydrogens is 284 g/mol. The van der Waals surface area contributed by atoms with Crippen molar-refractivity contribution in [1.82, 2.24) is 20.3 Å². The Morgan fingerprint density at radius 3 is 2.86 bits per heavy atom. The maximum Gasteiger partial charge on any atom is 0.160 e. The molecule has 7 heteroatoms. The molecule has 0 aliphatic carbocycles. The third-order valence-electron chi connectivity index (χ3n) is 3.98. The summed E-state index contributed by atoms with van der Waals surface area (Å²) in [7, 11) is 0. The van der Waals surface area contributed by atoms with Gasteiger partial charge in [0.2, 0.25) is 0 Å². The number of ether oxygens (including phenoxy) is 1. The second-order valence-corrected chi connectivity index (χ2v) is 6.29. The van der Waals surface area contributed by atoms with Crippen LogP contribution in [0.1, 0.15) is 37.6 Å². The highest BCUT2D eigenvalue weighted by atomic mass is 16.6. The molecule has 2 aromatic heterocycles. The molecule has 120 valence electrons. The van der Waals surface area contributed by atoms with Crippen LogP contribution in [0.2, 0.25) is 0 Å². The number of nitrogens with one attached hydrogen (secondary N) is 2. The second kappa shape index (κ2) is 5.58. The van der Waals surface area contributed by atoms with Crippen LogP contribution in [0.4, 0.5) is 0 Å². The van der Waals surface area contributed by atoms with E-state index in [0.29, 0.717) is 6.42 Å². The Morgan fingerprint density at radius 2 is 2.18 bits per heavy atom. The van der Waals surface area contributed by atoms with Crippen molar-refractivity contribution in [3.05, 3.63) is 23.8 Å². The first-order valence-corrected chi connectivity index (χ1v) is 7.44. The standard InChI is InChI=1S/C15H22N4O3/c1-8-12-14(18-7-17-8)10(5-16-12)13-11(22-15(2,3)21)4-9(6-20)19-13/h5,7,9,11,13,16,19-21H,4,6H2,1-3H3/t9-,11+,13-/m0/s1. The summed E-state index contributed by atoms with van der Waals surface area (Å²) >= 11 is 0. The van der Waals surface area contributed by atoms with Crippen LogP contribution < -0.4 is 5.32 Å². The Balaban J connectivity index is 1.97. The van der Waals surface area contributed by atoms with Gasteiger partial charge in [-0.05, 0) is 27.2 Å². The fourth-order valence-corrected chi connectivity index (χ4v) is 3.07. The minimum atomic E-state index is -1.23. The van der Waals surface area contributed by atoms with Crippen molar-refractivity contribution in [2.45, 2.75) is 51.2 Å². The summed E-state index contributed by atoms with van der Waals surface area (Å²) in [5, 5.41) is 22.8. The summed E-state index contributed by atoms with van der Waals surface area (Å²) in [4.78, 5) is 11.8. The van der Waals surface area contributed by atoms with E-state index in [1.54, 1.807) is 20.2 Å². The molecular formula is C15H22N4O3. The molecule has 2 aromatic rings. The van der Waals surface area contributed by atoms with Crippen LogP contribution in [-0.2, 0) is 4.74 Å². The number of aromatic amines is 1. The molecule has 0 amide bonds. The third kappa shape index (κ3) is 2.85. The van der Waals surface area contributed by atoms with Gasteiger partial charge in [0.05, 0.1) is 35.5 Å². The SMILES string of the molecule is Cc1ncnc2c([C@@H]3N[C@H](CO)C[C@H]3OC(C)(C)O)c[nH]c12. The van der Waals surface area contributed by atoms with E-state index in [4.69, 9.17) is 4.74 Å². The fourth-order valence-electron chi connectivity index (χ4n) is 3.07. The number of fused-ring (bicyclic) bond motifs is 1. The molecule has 7 nitrogen and oxygen atoms in total. The van der Waals surface area contributed by atoms with Crippen molar-refractivity contribution in [2.75, 3.05) is 6.61 Å². The number of aromatic nitrogens is 3. The summed E-state index contributed by atoms with van der Waals surface area (Å²) in [6.07, 6.45) is 3.82. The van der Waals surface area contributed by atoms with E-state index in [2.05, 4.69) is 20.3 Å². The Hall–Kier alpha value is -1.54. The molecule has 3 atom stereocenters. The van der Waals surface area contributed by atoms with Crippen molar-refractivity contribution in [3.8, 4) is 0 Å².